The van der Waals surface area contributed by atoms with Crippen LogP contribution < -0.4 is 0 Å². The fraction of sp³-hybridized carbons (Fsp3) is 0.429. The van der Waals surface area contributed by atoms with Crippen molar-refractivity contribution in [2.75, 3.05) is 6.61 Å². The number of hydrogen-bond acceptors (Lipinski definition) is 3. The van der Waals surface area contributed by atoms with E-state index in [9.17, 15) is 0 Å². The number of nitrogens with zero attached hydrogens (tertiary/aromatic N) is 2. The van der Waals surface area contributed by atoms with Crippen molar-refractivity contribution in [1.29, 1.82) is 5.26 Å². The molecule has 2 unspecified atom stereocenters. The van der Waals surface area contributed by atoms with Gasteiger partial charge < -0.3 is 9.72 Å². The first-order valence-electron chi connectivity index (χ1n) is 6.33. The van der Waals surface area contributed by atoms with Crippen molar-refractivity contribution in [3.05, 3.63) is 29.6 Å². The average Bonchev–Trinajstić information content (AvgIpc) is 3.03. The Hall–Kier alpha value is -1.86. The summed E-state index contributed by atoms with van der Waals surface area (Å²) in [5.74, 6) is 1.34. The molecule has 1 N–H and O–H groups in total. The molecule has 0 aliphatic carbocycles. The Kier molecular flexibility index (Phi) is 2.77. The van der Waals surface area contributed by atoms with Crippen LogP contribution in [-0.2, 0) is 4.74 Å². The van der Waals surface area contributed by atoms with Gasteiger partial charge in [-0.15, -0.1) is 0 Å². The van der Waals surface area contributed by atoms with Gasteiger partial charge >= 0.3 is 0 Å². The minimum absolute atomic E-state index is 0.265. The summed E-state index contributed by atoms with van der Waals surface area (Å²) < 4.78 is 5.70. The summed E-state index contributed by atoms with van der Waals surface area (Å²) in [5, 5.41) is 8.89. The van der Waals surface area contributed by atoms with Crippen molar-refractivity contribution in [1.82, 2.24) is 9.97 Å². The van der Waals surface area contributed by atoms with Gasteiger partial charge in [0.1, 0.15) is 5.82 Å². The van der Waals surface area contributed by atoms with Gasteiger partial charge in [0.15, 0.2) is 0 Å². The quantitative estimate of drug-likeness (QED) is 0.879. The summed E-state index contributed by atoms with van der Waals surface area (Å²) in [6.45, 7) is 2.95. The first-order valence-corrected chi connectivity index (χ1v) is 6.33. The fourth-order valence-electron chi connectivity index (χ4n) is 2.64. The van der Waals surface area contributed by atoms with Crippen LogP contribution in [0.2, 0.25) is 0 Å². The summed E-state index contributed by atoms with van der Waals surface area (Å²) in [6.07, 6.45) is 2.29. The minimum Gasteiger partial charge on any atom is -0.377 e. The van der Waals surface area contributed by atoms with Crippen LogP contribution in [0, 0.1) is 11.3 Å². The molecule has 1 aliphatic heterocycles. The maximum atomic E-state index is 8.89. The fourth-order valence-corrected chi connectivity index (χ4v) is 2.64. The molecule has 1 fully saturated rings. The van der Waals surface area contributed by atoms with Gasteiger partial charge in [-0.2, -0.15) is 5.26 Å². The largest absolute Gasteiger partial charge is 0.377 e. The second-order valence-corrected chi connectivity index (χ2v) is 4.68. The maximum Gasteiger partial charge on any atom is 0.113 e. The van der Waals surface area contributed by atoms with Crippen molar-refractivity contribution in [2.24, 2.45) is 0 Å². The number of imidazole rings is 1. The standard InChI is InChI=1S/C14H15N3O/c1-2-13-10(5-6-18-13)14-16-11-4-3-9(8-15)7-12(11)17-14/h3-4,7,10,13H,2,5-6H2,1H3,(H,16,17). The van der Waals surface area contributed by atoms with Gasteiger partial charge in [0.2, 0.25) is 0 Å². The smallest absolute Gasteiger partial charge is 0.113 e. The Morgan fingerprint density at radius 2 is 2.44 bits per heavy atom. The van der Waals surface area contributed by atoms with E-state index in [1.54, 1.807) is 6.07 Å². The van der Waals surface area contributed by atoms with Crippen molar-refractivity contribution in [2.45, 2.75) is 31.8 Å². The number of H-pyrrole nitrogens is 1. The molecule has 0 radical (unpaired) electrons. The Bertz CT molecular complexity index is 611. The lowest BCUT2D eigenvalue weighted by Crippen LogP contribution is -2.14. The van der Waals surface area contributed by atoms with Crippen LogP contribution in [0.5, 0.6) is 0 Å². The lowest BCUT2D eigenvalue weighted by molar-refractivity contribution is 0.0996. The Morgan fingerprint density at radius 1 is 1.56 bits per heavy atom. The Morgan fingerprint density at radius 3 is 3.22 bits per heavy atom. The van der Waals surface area contributed by atoms with Crippen molar-refractivity contribution in [3.63, 3.8) is 0 Å². The topological polar surface area (TPSA) is 61.7 Å². The number of ether oxygens (including phenoxy) is 1. The first-order chi connectivity index (χ1) is 8.81. The summed E-state index contributed by atoms with van der Waals surface area (Å²) in [5.41, 5.74) is 2.52. The lowest BCUT2D eigenvalue weighted by Gasteiger charge is -2.13. The molecule has 0 amide bonds. The monoisotopic (exact) mass is 241 g/mol. The Balaban J connectivity index is 2.00. The zero-order valence-electron chi connectivity index (χ0n) is 10.3. The van der Waals surface area contributed by atoms with Crippen LogP contribution in [0.4, 0.5) is 0 Å². The van der Waals surface area contributed by atoms with E-state index in [0.717, 1.165) is 36.3 Å². The molecule has 3 rings (SSSR count). The van der Waals surface area contributed by atoms with E-state index in [0.29, 0.717) is 11.5 Å². The third-order valence-electron chi connectivity index (χ3n) is 3.59. The van der Waals surface area contributed by atoms with E-state index in [4.69, 9.17) is 10.00 Å². The molecule has 2 aromatic rings. The first kappa shape index (κ1) is 11.2. The molecule has 1 aliphatic rings. The van der Waals surface area contributed by atoms with E-state index in [2.05, 4.69) is 23.0 Å². The lowest BCUT2D eigenvalue weighted by atomic mass is 9.99. The molecule has 2 heterocycles. The number of rotatable bonds is 2. The molecular formula is C14H15N3O. The van der Waals surface area contributed by atoms with Gasteiger partial charge in [0, 0.05) is 12.5 Å². The molecule has 0 bridgehead atoms. The van der Waals surface area contributed by atoms with Gasteiger partial charge in [0.05, 0.1) is 28.8 Å². The van der Waals surface area contributed by atoms with E-state index < -0.39 is 0 Å². The average molecular weight is 241 g/mol. The number of aromatic amines is 1. The molecule has 1 saturated heterocycles. The van der Waals surface area contributed by atoms with E-state index in [1.165, 1.54) is 0 Å². The summed E-state index contributed by atoms with van der Waals surface area (Å²) in [7, 11) is 0. The van der Waals surface area contributed by atoms with E-state index in [-0.39, 0.29) is 6.10 Å². The van der Waals surface area contributed by atoms with Gasteiger partial charge in [-0.25, -0.2) is 4.98 Å². The van der Waals surface area contributed by atoms with E-state index in [1.807, 2.05) is 12.1 Å². The number of benzene rings is 1. The zero-order valence-corrected chi connectivity index (χ0v) is 10.3. The number of fused-ring (bicyclic) bond motifs is 1. The molecule has 2 atom stereocenters. The highest BCUT2D eigenvalue weighted by Crippen LogP contribution is 2.32. The molecule has 4 heteroatoms. The molecule has 92 valence electrons. The number of aromatic nitrogens is 2. The van der Waals surface area contributed by atoms with Crippen LogP contribution in [-0.4, -0.2) is 22.7 Å². The van der Waals surface area contributed by atoms with Crippen LogP contribution in [0.25, 0.3) is 11.0 Å². The van der Waals surface area contributed by atoms with Gasteiger partial charge in [-0.1, -0.05) is 6.92 Å². The normalized spacial score (nSPS) is 23.3. The van der Waals surface area contributed by atoms with Crippen molar-refractivity contribution in [3.8, 4) is 6.07 Å². The maximum absolute atomic E-state index is 8.89. The van der Waals surface area contributed by atoms with Gasteiger partial charge in [-0.3, -0.25) is 0 Å². The highest BCUT2D eigenvalue weighted by molar-refractivity contribution is 5.76. The highest BCUT2D eigenvalue weighted by Gasteiger charge is 2.30. The van der Waals surface area contributed by atoms with Crippen LogP contribution in [0.1, 0.15) is 37.1 Å². The van der Waals surface area contributed by atoms with Crippen LogP contribution in [0.15, 0.2) is 18.2 Å². The third-order valence-corrected chi connectivity index (χ3v) is 3.59. The van der Waals surface area contributed by atoms with Gasteiger partial charge in [0.25, 0.3) is 0 Å². The molecule has 4 nitrogen and oxygen atoms in total. The van der Waals surface area contributed by atoms with E-state index >= 15 is 0 Å². The SMILES string of the molecule is CCC1OCCC1c1nc2ccc(C#N)cc2[nH]1. The van der Waals surface area contributed by atoms with Crippen LogP contribution in [0.3, 0.4) is 0 Å². The third kappa shape index (κ3) is 1.77. The van der Waals surface area contributed by atoms with Gasteiger partial charge in [-0.05, 0) is 31.0 Å². The summed E-state index contributed by atoms with van der Waals surface area (Å²) in [6, 6.07) is 7.69. The second kappa shape index (κ2) is 4.43. The number of nitriles is 1. The second-order valence-electron chi connectivity index (χ2n) is 4.68. The molecule has 1 aromatic heterocycles. The highest BCUT2D eigenvalue weighted by atomic mass is 16.5. The zero-order chi connectivity index (χ0) is 12.5. The summed E-state index contributed by atoms with van der Waals surface area (Å²) in [4.78, 5) is 7.96. The molecule has 0 spiro atoms. The predicted octanol–water partition coefficient (Wildman–Crippen LogP) is 2.72. The van der Waals surface area contributed by atoms with Crippen molar-refractivity contribution < 1.29 is 4.74 Å². The van der Waals surface area contributed by atoms with Crippen LogP contribution >= 0.6 is 0 Å². The molecule has 1 aromatic carbocycles. The molecule has 0 saturated carbocycles. The Labute approximate surface area is 106 Å². The number of nitrogens with one attached hydrogen (secondary N) is 1. The number of hydrogen-bond donors (Lipinski definition) is 1. The molecule has 18 heavy (non-hydrogen) atoms. The molecular weight excluding hydrogens is 226 g/mol. The minimum atomic E-state index is 0.265. The van der Waals surface area contributed by atoms with Crippen molar-refractivity contribution >= 4 is 11.0 Å². The summed E-state index contributed by atoms with van der Waals surface area (Å²) >= 11 is 0. The predicted molar refractivity (Wildman–Crippen MR) is 68.2 cm³/mol.